The molecule has 8 heteroatoms. The fourth-order valence-electron chi connectivity index (χ4n) is 2.29. The summed E-state index contributed by atoms with van der Waals surface area (Å²) in [5.41, 5.74) is 1.02. The molecule has 0 radical (unpaired) electrons. The van der Waals surface area contributed by atoms with Gasteiger partial charge in [0.2, 0.25) is 0 Å². The fourth-order valence-corrected chi connectivity index (χ4v) is 3.02. The van der Waals surface area contributed by atoms with E-state index in [9.17, 15) is 0 Å². The van der Waals surface area contributed by atoms with Gasteiger partial charge in [0.25, 0.3) is 0 Å². The molecule has 150 valence electrons. The van der Waals surface area contributed by atoms with Crippen LogP contribution < -0.4 is 14.8 Å². The van der Waals surface area contributed by atoms with E-state index in [1.165, 1.54) is 0 Å². The molecular weight excluding hydrogens is 475 g/mol. The van der Waals surface area contributed by atoms with Crippen molar-refractivity contribution in [1.82, 2.24) is 15.2 Å². The Morgan fingerprint density at radius 1 is 1.22 bits per heavy atom. The van der Waals surface area contributed by atoms with Gasteiger partial charge in [0.1, 0.15) is 18.1 Å². The van der Waals surface area contributed by atoms with Gasteiger partial charge in [-0.2, -0.15) is 0 Å². The van der Waals surface area contributed by atoms with Gasteiger partial charge in [-0.05, 0) is 37.6 Å². The van der Waals surface area contributed by atoms with Gasteiger partial charge in [-0.3, -0.25) is 0 Å². The van der Waals surface area contributed by atoms with Crippen molar-refractivity contribution < 1.29 is 9.47 Å². The highest BCUT2D eigenvalue weighted by Crippen LogP contribution is 2.16. The Bertz CT molecular complexity index is 691. The highest BCUT2D eigenvalue weighted by molar-refractivity contribution is 14.0. The van der Waals surface area contributed by atoms with E-state index in [0.717, 1.165) is 47.7 Å². The molecule has 0 fully saturated rings. The number of ether oxygens (including phenoxy) is 2. The van der Waals surface area contributed by atoms with Crippen LogP contribution in [0.25, 0.3) is 0 Å². The minimum absolute atomic E-state index is 0. The second-order valence-electron chi connectivity index (χ2n) is 5.70. The Balaban J connectivity index is 0.00000364. The highest BCUT2D eigenvalue weighted by Gasteiger charge is 2.07. The zero-order chi connectivity index (χ0) is 18.8. The Morgan fingerprint density at radius 2 is 1.93 bits per heavy atom. The fraction of sp³-hybridized carbons (Fsp3) is 0.474. The number of hydrogen-bond donors (Lipinski definition) is 1. The van der Waals surface area contributed by atoms with Crippen LogP contribution in [-0.2, 0) is 13.0 Å². The number of hydrogen-bond acceptors (Lipinski definition) is 5. The average molecular weight is 504 g/mol. The van der Waals surface area contributed by atoms with Crippen molar-refractivity contribution in [2.24, 2.45) is 4.99 Å². The zero-order valence-electron chi connectivity index (χ0n) is 16.4. The van der Waals surface area contributed by atoms with Crippen LogP contribution in [0.3, 0.4) is 0 Å². The maximum absolute atomic E-state index is 5.79. The minimum atomic E-state index is 0. The molecule has 0 atom stereocenters. The number of aliphatic imine (C=N–C) groups is 1. The average Bonchev–Trinajstić information content (AvgIpc) is 3.13. The second kappa shape index (κ2) is 12.8. The third-order valence-electron chi connectivity index (χ3n) is 3.74. The number of likely N-dealkylation sites (N-methyl/N-ethyl adjacent to an activating group) is 1. The smallest absolute Gasteiger partial charge is 0.194 e. The first-order valence-electron chi connectivity index (χ1n) is 8.85. The molecule has 1 N–H and O–H groups in total. The molecule has 0 spiro atoms. The van der Waals surface area contributed by atoms with Crippen LogP contribution in [-0.4, -0.2) is 49.7 Å². The number of nitrogens with one attached hydrogen (secondary N) is 1. The largest absolute Gasteiger partial charge is 0.497 e. The summed E-state index contributed by atoms with van der Waals surface area (Å²) >= 11 is 1.69. The molecule has 1 heterocycles. The highest BCUT2D eigenvalue weighted by atomic mass is 127. The van der Waals surface area contributed by atoms with Crippen LogP contribution in [0.2, 0.25) is 0 Å². The number of benzene rings is 1. The molecule has 0 aliphatic rings. The minimum Gasteiger partial charge on any atom is -0.497 e. The summed E-state index contributed by atoms with van der Waals surface area (Å²) in [6, 6.07) is 7.60. The van der Waals surface area contributed by atoms with Crippen LogP contribution in [0.5, 0.6) is 11.5 Å². The van der Waals surface area contributed by atoms with Crippen molar-refractivity contribution in [1.29, 1.82) is 0 Å². The quantitative estimate of drug-likeness (QED) is 0.320. The summed E-state index contributed by atoms with van der Waals surface area (Å²) < 4.78 is 10.9. The van der Waals surface area contributed by atoms with Crippen LogP contribution >= 0.6 is 35.3 Å². The first-order chi connectivity index (χ1) is 12.7. The van der Waals surface area contributed by atoms with Gasteiger partial charge in [-0.15, -0.1) is 35.3 Å². The van der Waals surface area contributed by atoms with E-state index in [0.29, 0.717) is 13.2 Å². The molecule has 2 rings (SSSR count). The van der Waals surface area contributed by atoms with Crippen molar-refractivity contribution in [2.45, 2.75) is 26.8 Å². The molecule has 0 aliphatic heterocycles. The van der Waals surface area contributed by atoms with Gasteiger partial charge in [-0.25, -0.2) is 9.98 Å². The predicted octanol–water partition coefficient (Wildman–Crippen LogP) is 3.81. The van der Waals surface area contributed by atoms with E-state index in [1.807, 2.05) is 31.3 Å². The summed E-state index contributed by atoms with van der Waals surface area (Å²) in [6.07, 6.45) is 0.969. The zero-order valence-corrected chi connectivity index (χ0v) is 19.5. The standard InChI is InChI=1S/C19H28N4O2S.HI/c1-5-18-22-15(14-26-18)13-21-19(20-6-2)23(3)11-12-25-17-9-7-16(24-4)8-10-17;/h7-10,14H,5-6,11-13H2,1-4H3,(H,20,21);1H. The second-order valence-corrected chi connectivity index (χ2v) is 6.64. The molecule has 1 aromatic carbocycles. The van der Waals surface area contributed by atoms with Gasteiger partial charge < -0.3 is 19.7 Å². The SMILES string of the molecule is CCNC(=NCc1csc(CC)n1)N(C)CCOc1ccc(OC)cc1.I. The normalized spacial score (nSPS) is 10.9. The monoisotopic (exact) mass is 504 g/mol. The van der Waals surface area contributed by atoms with Gasteiger partial charge in [0.05, 0.1) is 30.9 Å². The van der Waals surface area contributed by atoms with Crippen LogP contribution in [0.15, 0.2) is 34.6 Å². The summed E-state index contributed by atoms with van der Waals surface area (Å²) in [6.45, 7) is 6.89. The number of nitrogens with zero attached hydrogens (tertiary/aromatic N) is 3. The molecule has 0 unspecified atom stereocenters. The number of methoxy groups -OCH3 is 1. The Labute approximate surface area is 183 Å². The lowest BCUT2D eigenvalue weighted by Crippen LogP contribution is -2.40. The van der Waals surface area contributed by atoms with Crippen molar-refractivity contribution in [2.75, 3.05) is 33.9 Å². The lowest BCUT2D eigenvalue weighted by molar-refractivity contribution is 0.281. The van der Waals surface area contributed by atoms with Crippen LogP contribution in [0.1, 0.15) is 24.5 Å². The van der Waals surface area contributed by atoms with E-state index in [1.54, 1.807) is 18.4 Å². The third kappa shape index (κ3) is 7.92. The van der Waals surface area contributed by atoms with E-state index in [-0.39, 0.29) is 24.0 Å². The predicted molar refractivity (Wildman–Crippen MR) is 123 cm³/mol. The number of thiazole rings is 1. The molecule has 0 saturated heterocycles. The molecule has 2 aromatic rings. The molecule has 6 nitrogen and oxygen atoms in total. The molecule has 0 saturated carbocycles. The first-order valence-corrected chi connectivity index (χ1v) is 9.73. The molecule has 27 heavy (non-hydrogen) atoms. The van der Waals surface area contributed by atoms with Gasteiger partial charge in [0.15, 0.2) is 5.96 Å². The maximum atomic E-state index is 5.79. The van der Waals surface area contributed by atoms with Crippen LogP contribution in [0, 0.1) is 0 Å². The number of guanidine groups is 1. The number of halogens is 1. The molecule has 0 amide bonds. The van der Waals surface area contributed by atoms with Crippen molar-refractivity contribution >= 4 is 41.3 Å². The summed E-state index contributed by atoms with van der Waals surface area (Å²) in [7, 11) is 3.67. The van der Waals surface area contributed by atoms with Gasteiger partial charge in [-0.1, -0.05) is 6.92 Å². The molecule has 0 aliphatic carbocycles. The lowest BCUT2D eigenvalue weighted by Gasteiger charge is -2.22. The Kier molecular flexibility index (Phi) is 11.1. The topological polar surface area (TPSA) is 59.0 Å². The number of aromatic nitrogens is 1. The van der Waals surface area contributed by atoms with Crippen LogP contribution in [0.4, 0.5) is 0 Å². The van der Waals surface area contributed by atoms with Gasteiger partial charge in [0, 0.05) is 19.0 Å². The molecular formula is C19H29IN4O2S. The van der Waals surface area contributed by atoms with Crippen molar-refractivity contribution in [3.05, 3.63) is 40.3 Å². The number of aryl methyl sites for hydroxylation is 1. The van der Waals surface area contributed by atoms with Crippen molar-refractivity contribution in [3.63, 3.8) is 0 Å². The Morgan fingerprint density at radius 3 is 2.52 bits per heavy atom. The van der Waals surface area contributed by atoms with Crippen molar-refractivity contribution in [3.8, 4) is 11.5 Å². The molecule has 1 aromatic heterocycles. The molecule has 0 bridgehead atoms. The summed E-state index contributed by atoms with van der Waals surface area (Å²) in [5, 5.41) is 6.55. The summed E-state index contributed by atoms with van der Waals surface area (Å²) in [5.74, 6) is 2.51. The van der Waals surface area contributed by atoms with E-state index < -0.39 is 0 Å². The summed E-state index contributed by atoms with van der Waals surface area (Å²) in [4.78, 5) is 11.3. The maximum Gasteiger partial charge on any atom is 0.194 e. The number of rotatable bonds is 9. The van der Waals surface area contributed by atoms with E-state index in [4.69, 9.17) is 9.47 Å². The Hall–Kier alpha value is -1.55. The lowest BCUT2D eigenvalue weighted by atomic mass is 10.3. The third-order valence-corrected chi connectivity index (χ3v) is 4.79. The van der Waals surface area contributed by atoms with E-state index >= 15 is 0 Å². The first kappa shape index (κ1) is 23.5. The van der Waals surface area contributed by atoms with Gasteiger partial charge >= 0.3 is 0 Å². The van der Waals surface area contributed by atoms with E-state index in [2.05, 4.69) is 39.4 Å².